The van der Waals surface area contributed by atoms with Gasteiger partial charge in [0.15, 0.2) is 0 Å². The van der Waals surface area contributed by atoms with E-state index in [-0.39, 0.29) is 0 Å². The molecule has 3 heteroatoms. The zero-order valence-electron chi connectivity index (χ0n) is 13.7. The van der Waals surface area contributed by atoms with Crippen LogP contribution < -0.4 is 5.32 Å². The molecule has 1 aliphatic carbocycles. The first-order chi connectivity index (χ1) is 9.44. The van der Waals surface area contributed by atoms with Gasteiger partial charge in [0.1, 0.15) is 5.76 Å². The largest absolute Gasteiger partial charge is 0.469 e. The summed E-state index contributed by atoms with van der Waals surface area (Å²) in [6.45, 7) is 8.99. The minimum atomic E-state index is 0.407. The molecule has 1 fully saturated rings. The van der Waals surface area contributed by atoms with Gasteiger partial charge in [0.05, 0.1) is 6.26 Å². The number of furan rings is 1. The Balaban J connectivity index is 1.96. The lowest BCUT2D eigenvalue weighted by atomic mass is 9.68. The van der Waals surface area contributed by atoms with Crippen molar-refractivity contribution < 1.29 is 4.42 Å². The van der Waals surface area contributed by atoms with Crippen LogP contribution in [0.3, 0.4) is 0 Å². The van der Waals surface area contributed by atoms with Gasteiger partial charge in [0, 0.05) is 24.7 Å². The maximum atomic E-state index is 5.39. The summed E-state index contributed by atoms with van der Waals surface area (Å²) in [5.41, 5.74) is 1.72. The second kappa shape index (κ2) is 6.31. The van der Waals surface area contributed by atoms with Crippen LogP contribution in [0, 0.1) is 18.3 Å². The molecular formula is C17H30N2O. The first kappa shape index (κ1) is 15.6. The van der Waals surface area contributed by atoms with Crippen molar-refractivity contribution in [2.24, 2.45) is 11.3 Å². The molecule has 0 amide bonds. The van der Waals surface area contributed by atoms with Crippen LogP contribution in [0.5, 0.6) is 0 Å². The van der Waals surface area contributed by atoms with Crippen molar-refractivity contribution in [2.45, 2.75) is 52.6 Å². The van der Waals surface area contributed by atoms with E-state index in [0.29, 0.717) is 11.5 Å². The fraction of sp³-hybridized carbons (Fsp3) is 0.765. The summed E-state index contributed by atoms with van der Waals surface area (Å²) >= 11 is 0. The lowest BCUT2D eigenvalue weighted by molar-refractivity contribution is 0.0887. The van der Waals surface area contributed by atoms with Gasteiger partial charge in [-0.15, -0.1) is 0 Å². The van der Waals surface area contributed by atoms with Crippen LogP contribution in [0.2, 0.25) is 0 Å². The van der Waals surface area contributed by atoms with Crippen LogP contribution >= 0.6 is 0 Å². The molecule has 114 valence electrons. The third-order valence-corrected chi connectivity index (χ3v) is 4.97. The summed E-state index contributed by atoms with van der Waals surface area (Å²) in [6.07, 6.45) is 5.82. The van der Waals surface area contributed by atoms with E-state index in [1.807, 2.05) is 6.92 Å². The molecule has 2 unspecified atom stereocenters. The summed E-state index contributed by atoms with van der Waals surface area (Å²) in [5, 5.41) is 3.57. The summed E-state index contributed by atoms with van der Waals surface area (Å²) in [5.74, 6) is 1.78. The maximum absolute atomic E-state index is 5.39. The topological polar surface area (TPSA) is 28.4 Å². The molecule has 1 aromatic rings. The molecule has 1 aliphatic rings. The van der Waals surface area contributed by atoms with Crippen LogP contribution in [0.1, 0.15) is 44.4 Å². The van der Waals surface area contributed by atoms with E-state index < -0.39 is 0 Å². The first-order valence-corrected chi connectivity index (χ1v) is 7.83. The number of hydrogen-bond donors (Lipinski definition) is 1. The van der Waals surface area contributed by atoms with Gasteiger partial charge in [-0.3, -0.25) is 0 Å². The first-order valence-electron chi connectivity index (χ1n) is 7.83. The molecule has 0 spiro atoms. The third-order valence-electron chi connectivity index (χ3n) is 4.97. The lowest BCUT2D eigenvalue weighted by Gasteiger charge is -2.45. The van der Waals surface area contributed by atoms with Gasteiger partial charge in [-0.2, -0.15) is 0 Å². The number of nitrogens with one attached hydrogen (secondary N) is 1. The predicted molar refractivity (Wildman–Crippen MR) is 83.7 cm³/mol. The molecule has 1 N–H and O–H groups in total. The summed E-state index contributed by atoms with van der Waals surface area (Å²) in [4.78, 5) is 2.44. The van der Waals surface area contributed by atoms with Crippen molar-refractivity contribution in [1.29, 1.82) is 0 Å². The van der Waals surface area contributed by atoms with Crippen LogP contribution in [0.15, 0.2) is 16.7 Å². The minimum Gasteiger partial charge on any atom is -0.469 e. The molecule has 1 heterocycles. The average Bonchev–Trinajstić information content (AvgIpc) is 2.74. The van der Waals surface area contributed by atoms with E-state index in [9.17, 15) is 0 Å². The van der Waals surface area contributed by atoms with Gasteiger partial charge in [-0.05, 0) is 51.3 Å². The molecule has 1 saturated carbocycles. The zero-order valence-corrected chi connectivity index (χ0v) is 13.7. The lowest BCUT2D eigenvalue weighted by Crippen LogP contribution is -2.51. The van der Waals surface area contributed by atoms with Crippen molar-refractivity contribution >= 4 is 0 Å². The number of aryl methyl sites for hydroxylation is 1. The van der Waals surface area contributed by atoms with Crippen molar-refractivity contribution in [3.63, 3.8) is 0 Å². The molecule has 0 aliphatic heterocycles. The van der Waals surface area contributed by atoms with E-state index in [1.165, 1.54) is 24.8 Å². The van der Waals surface area contributed by atoms with Gasteiger partial charge in [0.25, 0.3) is 0 Å². The molecule has 1 aromatic heterocycles. The fourth-order valence-corrected chi connectivity index (χ4v) is 3.93. The van der Waals surface area contributed by atoms with Gasteiger partial charge in [-0.1, -0.05) is 20.3 Å². The Bertz CT molecular complexity index is 424. The Morgan fingerprint density at radius 2 is 2.20 bits per heavy atom. The molecule has 2 rings (SSSR count). The Hall–Kier alpha value is -0.800. The fourth-order valence-electron chi connectivity index (χ4n) is 3.93. The summed E-state index contributed by atoms with van der Waals surface area (Å²) < 4.78 is 5.39. The predicted octanol–water partition coefficient (Wildman–Crippen LogP) is 3.43. The number of hydrogen-bond acceptors (Lipinski definition) is 3. The highest BCUT2D eigenvalue weighted by Gasteiger charge is 2.38. The van der Waals surface area contributed by atoms with E-state index >= 15 is 0 Å². The van der Waals surface area contributed by atoms with Gasteiger partial charge in [0.2, 0.25) is 0 Å². The highest BCUT2D eigenvalue weighted by atomic mass is 16.3. The zero-order chi connectivity index (χ0) is 14.8. The number of rotatable bonds is 5. The van der Waals surface area contributed by atoms with Crippen molar-refractivity contribution in [1.82, 2.24) is 10.2 Å². The van der Waals surface area contributed by atoms with E-state index in [0.717, 1.165) is 24.8 Å². The average molecular weight is 278 g/mol. The van der Waals surface area contributed by atoms with Crippen molar-refractivity contribution in [3.05, 3.63) is 23.7 Å². The Morgan fingerprint density at radius 1 is 1.45 bits per heavy atom. The normalized spacial score (nSPS) is 26.1. The molecule has 0 saturated heterocycles. The molecule has 20 heavy (non-hydrogen) atoms. The quantitative estimate of drug-likeness (QED) is 0.894. The summed E-state index contributed by atoms with van der Waals surface area (Å²) in [6, 6.07) is 2.70. The molecular weight excluding hydrogens is 248 g/mol. The van der Waals surface area contributed by atoms with Gasteiger partial charge >= 0.3 is 0 Å². The Labute approximate surface area is 123 Å². The molecule has 3 nitrogen and oxygen atoms in total. The Kier molecular flexibility index (Phi) is 4.92. The molecule has 0 aromatic carbocycles. The van der Waals surface area contributed by atoms with Crippen LogP contribution in [0.25, 0.3) is 0 Å². The standard InChI is InChI=1S/C17H30N2O/c1-13-14(8-10-20-13)11-19(5)12-15-7-6-9-17(2,3)16(15)18-4/h8,10,15-16,18H,6-7,9,11-12H2,1-5H3. The Morgan fingerprint density at radius 3 is 2.80 bits per heavy atom. The van der Waals surface area contributed by atoms with E-state index in [2.05, 4.69) is 44.2 Å². The third kappa shape index (κ3) is 3.44. The second-order valence-corrected chi connectivity index (χ2v) is 7.11. The van der Waals surface area contributed by atoms with Crippen LogP contribution in [-0.2, 0) is 6.54 Å². The second-order valence-electron chi connectivity index (χ2n) is 7.11. The highest BCUT2D eigenvalue weighted by Crippen LogP contribution is 2.39. The van der Waals surface area contributed by atoms with Crippen molar-refractivity contribution in [3.8, 4) is 0 Å². The van der Waals surface area contributed by atoms with Crippen LogP contribution in [-0.4, -0.2) is 31.6 Å². The minimum absolute atomic E-state index is 0.407. The van der Waals surface area contributed by atoms with E-state index in [1.54, 1.807) is 6.26 Å². The molecule has 0 radical (unpaired) electrons. The maximum Gasteiger partial charge on any atom is 0.105 e. The van der Waals surface area contributed by atoms with E-state index in [4.69, 9.17) is 4.42 Å². The highest BCUT2D eigenvalue weighted by molar-refractivity contribution is 5.15. The molecule has 2 atom stereocenters. The SMILES string of the molecule is CNC1C(CN(C)Cc2ccoc2C)CCCC1(C)C. The monoisotopic (exact) mass is 278 g/mol. The smallest absolute Gasteiger partial charge is 0.105 e. The molecule has 0 bridgehead atoms. The number of nitrogens with zero attached hydrogens (tertiary/aromatic N) is 1. The van der Waals surface area contributed by atoms with Gasteiger partial charge < -0.3 is 14.6 Å². The van der Waals surface area contributed by atoms with Crippen LogP contribution in [0.4, 0.5) is 0 Å². The van der Waals surface area contributed by atoms with Gasteiger partial charge in [-0.25, -0.2) is 0 Å². The summed E-state index contributed by atoms with van der Waals surface area (Å²) in [7, 11) is 4.34. The van der Waals surface area contributed by atoms with Crippen molar-refractivity contribution in [2.75, 3.05) is 20.6 Å².